The smallest absolute Gasteiger partial charge is 0.255 e. The summed E-state index contributed by atoms with van der Waals surface area (Å²) < 4.78 is 6.77. The molecule has 2 N–H and O–H groups in total. The van der Waals surface area contributed by atoms with Gasteiger partial charge >= 0.3 is 0 Å². The average molecular weight is 599 g/mol. The lowest BCUT2D eigenvalue weighted by Crippen LogP contribution is -2.51. The van der Waals surface area contributed by atoms with Gasteiger partial charge in [-0.05, 0) is 80.2 Å². The summed E-state index contributed by atoms with van der Waals surface area (Å²) in [6.07, 6.45) is 12.5. The molecule has 43 heavy (non-hydrogen) atoms. The Kier molecular flexibility index (Phi) is 7.62. The van der Waals surface area contributed by atoms with Crippen LogP contribution in [0.15, 0.2) is 55.1 Å². The van der Waals surface area contributed by atoms with E-state index in [0.29, 0.717) is 29.6 Å². The lowest BCUT2D eigenvalue weighted by molar-refractivity contribution is -0.129. The number of fused-ring (bicyclic) bond motifs is 1. The van der Waals surface area contributed by atoms with E-state index in [1.807, 2.05) is 23.1 Å². The molecule has 1 saturated heterocycles. The normalized spacial score (nSPS) is 21.7. The van der Waals surface area contributed by atoms with Gasteiger partial charge in [-0.2, -0.15) is 0 Å². The molecular formula is C32H34N6O4S. The van der Waals surface area contributed by atoms with E-state index in [-0.39, 0.29) is 35.9 Å². The van der Waals surface area contributed by atoms with Crippen molar-refractivity contribution in [1.29, 1.82) is 0 Å². The molecule has 1 aliphatic heterocycles. The Morgan fingerprint density at radius 1 is 1.07 bits per heavy atom. The molecule has 2 aliphatic carbocycles. The van der Waals surface area contributed by atoms with Crippen LogP contribution >= 0.6 is 11.3 Å². The number of carbonyl (C=O) groups excluding carboxylic acids is 2. The highest BCUT2D eigenvalue weighted by molar-refractivity contribution is 7.22. The second kappa shape index (κ2) is 11.7. The van der Waals surface area contributed by atoms with Crippen molar-refractivity contribution >= 4 is 38.5 Å². The molecule has 0 bridgehead atoms. The zero-order chi connectivity index (χ0) is 29.4. The maximum absolute atomic E-state index is 13.1. The van der Waals surface area contributed by atoms with Crippen LogP contribution < -0.4 is 5.32 Å². The van der Waals surface area contributed by atoms with Gasteiger partial charge in [-0.15, -0.1) is 0 Å². The van der Waals surface area contributed by atoms with Gasteiger partial charge < -0.3 is 20.1 Å². The first-order chi connectivity index (χ1) is 20.9. The molecule has 4 aromatic rings. The quantitative estimate of drug-likeness (QED) is 0.309. The molecule has 1 aromatic carbocycles. The minimum Gasteiger partial charge on any atom is -0.390 e. The Morgan fingerprint density at radius 3 is 2.60 bits per heavy atom. The summed E-state index contributed by atoms with van der Waals surface area (Å²) in [6.45, 7) is 1.72. The van der Waals surface area contributed by atoms with E-state index in [1.165, 1.54) is 11.3 Å². The van der Waals surface area contributed by atoms with Crippen molar-refractivity contribution in [3.63, 3.8) is 0 Å². The summed E-state index contributed by atoms with van der Waals surface area (Å²) >= 11 is 1.46. The molecule has 222 valence electrons. The number of carbonyl (C=O) groups is 2. The van der Waals surface area contributed by atoms with Crippen LogP contribution in [0.2, 0.25) is 0 Å². The Balaban J connectivity index is 0.918. The first kappa shape index (κ1) is 28.0. The number of amides is 2. The first-order valence-corrected chi connectivity index (χ1v) is 15.8. The summed E-state index contributed by atoms with van der Waals surface area (Å²) in [6, 6.07) is 9.58. The Morgan fingerprint density at radius 2 is 1.88 bits per heavy atom. The number of rotatable bonds is 7. The Hall–Kier alpha value is -3.80. The molecule has 1 spiro atoms. The van der Waals surface area contributed by atoms with Gasteiger partial charge in [-0.3, -0.25) is 14.6 Å². The van der Waals surface area contributed by atoms with Crippen molar-refractivity contribution in [2.45, 2.75) is 63.8 Å². The van der Waals surface area contributed by atoms with Gasteiger partial charge in [0, 0.05) is 49.4 Å². The number of aromatic nitrogens is 4. The number of ether oxygens (including phenoxy) is 1. The van der Waals surface area contributed by atoms with Crippen molar-refractivity contribution in [3.8, 4) is 11.1 Å². The summed E-state index contributed by atoms with van der Waals surface area (Å²) in [5.74, 6) is 0.619. The van der Waals surface area contributed by atoms with Gasteiger partial charge in [-0.25, -0.2) is 15.0 Å². The van der Waals surface area contributed by atoms with Crippen LogP contribution in [0.3, 0.4) is 0 Å². The molecule has 0 radical (unpaired) electrons. The molecule has 0 unspecified atom stereocenters. The lowest BCUT2D eigenvalue weighted by atomic mass is 9.57. The number of pyridine rings is 1. The zero-order valence-electron chi connectivity index (χ0n) is 23.8. The number of nitrogens with one attached hydrogen (secondary N) is 1. The van der Waals surface area contributed by atoms with E-state index in [4.69, 9.17) is 4.74 Å². The first-order valence-electron chi connectivity index (χ1n) is 15.0. The van der Waals surface area contributed by atoms with Gasteiger partial charge in [0.25, 0.3) is 5.91 Å². The van der Waals surface area contributed by atoms with E-state index < -0.39 is 6.10 Å². The average Bonchev–Trinajstić information content (AvgIpc) is 3.63. The minimum atomic E-state index is -0.398. The lowest BCUT2D eigenvalue weighted by Gasteiger charge is -2.51. The summed E-state index contributed by atoms with van der Waals surface area (Å²) in [5, 5.41) is 13.6. The molecule has 7 rings (SSSR count). The molecular weight excluding hydrogens is 564 g/mol. The van der Waals surface area contributed by atoms with Crippen LogP contribution in [0.5, 0.6) is 0 Å². The van der Waals surface area contributed by atoms with E-state index in [9.17, 15) is 14.7 Å². The molecule has 10 nitrogen and oxygen atoms in total. The zero-order valence-corrected chi connectivity index (χ0v) is 24.6. The largest absolute Gasteiger partial charge is 0.390 e. The molecule has 2 amide bonds. The molecule has 2 atom stereocenters. The van der Waals surface area contributed by atoms with Crippen LogP contribution in [-0.4, -0.2) is 67.1 Å². The van der Waals surface area contributed by atoms with Gasteiger partial charge in [-0.1, -0.05) is 17.4 Å². The van der Waals surface area contributed by atoms with Gasteiger partial charge in [0.1, 0.15) is 6.61 Å². The van der Waals surface area contributed by atoms with Gasteiger partial charge in [0.15, 0.2) is 11.0 Å². The van der Waals surface area contributed by atoms with Crippen molar-refractivity contribution in [2.75, 3.05) is 18.4 Å². The number of aliphatic hydroxyl groups excluding tert-OH is 1. The third-order valence-electron chi connectivity index (χ3n) is 9.25. The summed E-state index contributed by atoms with van der Waals surface area (Å²) in [4.78, 5) is 45.3. The van der Waals surface area contributed by atoms with Crippen LogP contribution in [0.25, 0.3) is 21.3 Å². The number of aliphatic hydroxyl groups is 1. The maximum atomic E-state index is 13.1. The monoisotopic (exact) mass is 598 g/mol. The van der Waals surface area contributed by atoms with Crippen LogP contribution in [-0.2, 0) is 16.1 Å². The fourth-order valence-electron chi connectivity index (χ4n) is 6.66. The fourth-order valence-corrected chi connectivity index (χ4v) is 7.57. The second-order valence-electron chi connectivity index (χ2n) is 12.1. The number of nitrogens with zero attached hydrogens (tertiary/aromatic N) is 5. The Bertz CT molecular complexity index is 1610. The van der Waals surface area contributed by atoms with Crippen LogP contribution in [0.4, 0.5) is 5.13 Å². The molecule has 3 aliphatic rings. The Labute approximate surface area is 253 Å². The molecule has 11 heteroatoms. The summed E-state index contributed by atoms with van der Waals surface area (Å²) in [7, 11) is 0. The number of piperidine rings is 1. The number of hydrogen-bond acceptors (Lipinski definition) is 9. The van der Waals surface area contributed by atoms with E-state index >= 15 is 0 Å². The summed E-state index contributed by atoms with van der Waals surface area (Å²) in [5.41, 5.74) is 3.47. The van der Waals surface area contributed by atoms with Gasteiger partial charge in [0.05, 0.1) is 28.0 Å². The van der Waals surface area contributed by atoms with Crippen LogP contribution in [0, 0.1) is 11.3 Å². The van der Waals surface area contributed by atoms with Crippen molar-refractivity contribution in [3.05, 3.63) is 66.5 Å². The predicted octanol–water partition coefficient (Wildman–Crippen LogP) is 4.85. The maximum Gasteiger partial charge on any atom is 0.255 e. The highest BCUT2D eigenvalue weighted by Gasteiger charge is 2.49. The standard InChI is InChI=1S/C32H34N6O4S/c39-25-4-1-5-26(25)42-19-28-34-17-23(18-35-28)20-6-7-24-27(13-20)43-31(36-24)37-29(40)22-14-32(15-22)8-11-38(12-9-32)30(41)21-3-2-10-33-16-21/h2-3,6-7,10,13,16-18,22,25-26,39H,1,4-5,8-9,11-12,14-15,19H2,(H,36,37,40)/t25-,26-/m0/s1. The molecule has 3 aromatic heterocycles. The fraction of sp³-hybridized carbons (Fsp3) is 0.438. The number of hydrogen-bond donors (Lipinski definition) is 2. The van der Waals surface area contributed by atoms with Crippen molar-refractivity contribution in [1.82, 2.24) is 24.8 Å². The number of benzene rings is 1. The van der Waals surface area contributed by atoms with E-state index in [2.05, 4.69) is 25.3 Å². The number of likely N-dealkylation sites (tertiary alicyclic amines) is 1. The SMILES string of the molecule is O=C(Nc1nc2ccc(-c3cnc(CO[C@H]4CCC[C@@H]4O)nc3)cc2s1)C1CC2(CCN(C(=O)c3cccnc3)CC2)C1. The van der Waals surface area contributed by atoms with Crippen molar-refractivity contribution < 1.29 is 19.4 Å². The second-order valence-corrected chi connectivity index (χ2v) is 13.1. The highest BCUT2D eigenvalue weighted by atomic mass is 32.1. The molecule has 4 heterocycles. The van der Waals surface area contributed by atoms with Crippen LogP contribution in [0.1, 0.15) is 61.1 Å². The van der Waals surface area contributed by atoms with E-state index in [1.54, 1.807) is 36.9 Å². The van der Waals surface area contributed by atoms with Crippen molar-refractivity contribution in [2.24, 2.45) is 11.3 Å². The van der Waals surface area contributed by atoms with Gasteiger partial charge in [0.2, 0.25) is 5.91 Å². The minimum absolute atomic E-state index is 0.0232. The number of anilines is 1. The third kappa shape index (κ3) is 5.89. The third-order valence-corrected chi connectivity index (χ3v) is 10.2. The molecule has 3 fully saturated rings. The number of thiazole rings is 1. The topological polar surface area (TPSA) is 130 Å². The van der Waals surface area contributed by atoms with E-state index in [0.717, 1.165) is 66.3 Å². The predicted molar refractivity (Wildman–Crippen MR) is 162 cm³/mol. The highest BCUT2D eigenvalue weighted by Crippen LogP contribution is 2.53. The molecule has 2 saturated carbocycles.